The van der Waals surface area contributed by atoms with E-state index >= 15 is 0 Å². The summed E-state index contributed by atoms with van der Waals surface area (Å²) in [5.74, 6) is 0. The highest BCUT2D eigenvalue weighted by molar-refractivity contribution is 5.82. The van der Waals surface area contributed by atoms with Gasteiger partial charge >= 0.3 is 6.03 Å². The van der Waals surface area contributed by atoms with E-state index in [4.69, 9.17) is 0 Å². The van der Waals surface area contributed by atoms with Gasteiger partial charge in [-0.15, -0.1) is 0 Å². The molecule has 5 nitrogen and oxygen atoms in total. The lowest BCUT2D eigenvalue weighted by atomic mass is 10.1. The van der Waals surface area contributed by atoms with Crippen LogP contribution in [-0.2, 0) is 19.5 Å². The van der Waals surface area contributed by atoms with E-state index in [2.05, 4.69) is 35.4 Å². The van der Waals surface area contributed by atoms with Crippen molar-refractivity contribution in [2.24, 2.45) is 0 Å². The fourth-order valence-corrected chi connectivity index (χ4v) is 4.02. The molecule has 0 atom stereocenters. The first kappa shape index (κ1) is 22.3. The molecule has 0 bridgehead atoms. The first-order chi connectivity index (χ1) is 16.0. The minimum atomic E-state index is -0.185. The van der Waals surface area contributed by atoms with Crippen molar-refractivity contribution in [3.05, 3.63) is 117 Å². The summed E-state index contributed by atoms with van der Waals surface area (Å²) in [5, 5.41) is 3.97. The molecule has 0 spiro atoms. The van der Waals surface area contributed by atoms with Crippen LogP contribution in [0.4, 0.5) is 4.79 Å². The van der Waals surface area contributed by atoms with E-state index in [1.165, 1.54) is 11.1 Å². The summed E-state index contributed by atoms with van der Waals surface area (Å²) in [6.07, 6.45) is 0.713. The summed E-state index contributed by atoms with van der Waals surface area (Å²) in [6.45, 7) is 5.22. The van der Waals surface area contributed by atoms with Crippen LogP contribution in [0, 0.1) is 13.8 Å². The first-order valence-corrected chi connectivity index (χ1v) is 11.2. The van der Waals surface area contributed by atoms with Crippen LogP contribution in [0.5, 0.6) is 0 Å². The van der Waals surface area contributed by atoms with E-state index in [1.54, 1.807) is 4.90 Å². The molecule has 168 valence electrons. The summed E-state index contributed by atoms with van der Waals surface area (Å²) in [5.41, 5.74) is 5.66. The van der Waals surface area contributed by atoms with Crippen molar-refractivity contribution in [3.8, 4) is 0 Å². The van der Waals surface area contributed by atoms with Gasteiger partial charge in [0.25, 0.3) is 5.56 Å². The molecule has 4 rings (SSSR count). The van der Waals surface area contributed by atoms with Crippen molar-refractivity contribution in [1.29, 1.82) is 0 Å². The molecule has 0 aliphatic heterocycles. The van der Waals surface area contributed by atoms with Gasteiger partial charge in [0.1, 0.15) is 0 Å². The lowest BCUT2D eigenvalue weighted by Gasteiger charge is -2.23. The van der Waals surface area contributed by atoms with Crippen LogP contribution < -0.4 is 10.9 Å². The van der Waals surface area contributed by atoms with E-state index in [0.29, 0.717) is 25.1 Å². The number of fused-ring (bicyclic) bond motifs is 1. The number of pyridine rings is 1. The van der Waals surface area contributed by atoms with Gasteiger partial charge in [-0.05, 0) is 48.4 Å². The minimum Gasteiger partial charge on any atom is -0.334 e. The molecule has 0 fully saturated rings. The second kappa shape index (κ2) is 10.2. The summed E-state index contributed by atoms with van der Waals surface area (Å²) in [6, 6.07) is 25.7. The normalized spacial score (nSPS) is 10.8. The molecule has 0 aliphatic rings. The molecule has 2 N–H and O–H groups in total. The highest BCUT2D eigenvalue weighted by Gasteiger charge is 2.16. The van der Waals surface area contributed by atoms with Crippen LogP contribution in [0.15, 0.2) is 83.7 Å². The molecule has 5 heteroatoms. The first-order valence-electron chi connectivity index (χ1n) is 11.2. The fourth-order valence-electron chi connectivity index (χ4n) is 4.02. The topological polar surface area (TPSA) is 65.2 Å². The number of hydrogen-bond acceptors (Lipinski definition) is 2. The van der Waals surface area contributed by atoms with E-state index in [-0.39, 0.29) is 18.1 Å². The molecule has 0 saturated carbocycles. The molecule has 0 saturated heterocycles. The molecule has 33 heavy (non-hydrogen) atoms. The molecule has 0 unspecified atom stereocenters. The Kier molecular flexibility index (Phi) is 6.89. The number of carbonyl (C=O) groups excluding carboxylic acids is 1. The fraction of sp³-hybridized carbons (Fsp3) is 0.214. The van der Waals surface area contributed by atoms with Crippen molar-refractivity contribution in [2.75, 3.05) is 6.54 Å². The highest BCUT2D eigenvalue weighted by atomic mass is 16.2. The van der Waals surface area contributed by atoms with Crippen LogP contribution in [0.1, 0.15) is 27.8 Å². The minimum absolute atomic E-state index is 0.159. The van der Waals surface area contributed by atoms with E-state index in [1.807, 2.05) is 67.6 Å². The Morgan fingerprint density at radius 2 is 1.67 bits per heavy atom. The quantitative estimate of drug-likeness (QED) is 0.421. The Labute approximate surface area is 194 Å². The van der Waals surface area contributed by atoms with Gasteiger partial charge in [0.15, 0.2) is 0 Å². The number of amides is 2. The molecular formula is C28H29N3O2. The number of H-pyrrole nitrogens is 1. The summed E-state index contributed by atoms with van der Waals surface area (Å²) in [4.78, 5) is 30.7. The molecule has 0 aliphatic carbocycles. The number of nitrogens with one attached hydrogen (secondary N) is 2. The molecular weight excluding hydrogens is 410 g/mol. The number of aromatic amines is 1. The van der Waals surface area contributed by atoms with Crippen LogP contribution >= 0.6 is 0 Å². The number of benzene rings is 3. The molecule has 0 radical (unpaired) electrons. The Balaban J connectivity index is 1.56. The number of nitrogens with zero attached hydrogens (tertiary/aromatic N) is 1. The van der Waals surface area contributed by atoms with Crippen molar-refractivity contribution in [2.45, 2.75) is 33.4 Å². The van der Waals surface area contributed by atoms with Crippen LogP contribution in [0.25, 0.3) is 10.9 Å². The van der Waals surface area contributed by atoms with E-state index in [9.17, 15) is 9.59 Å². The molecule has 1 aromatic heterocycles. The second-order valence-electron chi connectivity index (χ2n) is 8.47. The maximum atomic E-state index is 13.1. The molecule has 4 aromatic rings. The zero-order valence-corrected chi connectivity index (χ0v) is 19.1. The third-order valence-electron chi connectivity index (χ3n) is 5.85. The van der Waals surface area contributed by atoms with Crippen molar-refractivity contribution < 1.29 is 4.79 Å². The Morgan fingerprint density at radius 3 is 2.45 bits per heavy atom. The third-order valence-corrected chi connectivity index (χ3v) is 5.85. The number of urea groups is 1. The number of rotatable bonds is 7. The van der Waals surface area contributed by atoms with Gasteiger partial charge in [-0.2, -0.15) is 0 Å². The zero-order valence-electron chi connectivity index (χ0n) is 19.1. The molecule has 2 amide bonds. The van der Waals surface area contributed by atoms with Gasteiger partial charge in [0, 0.05) is 18.7 Å². The zero-order chi connectivity index (χ0) is 23.2. The smallest absolute Gasteiger partial charge is 0.317 e. The predicted octanol–water partition coefficient (Wildman–Crippen LogP) is 5.10. The van der Waals surface area contributed by atoms with Crippen LogP contribution in [0.3, 0.4) is 0 Å². The number of aromatic nitrogens is 1. The average Bonchev–Trinajstić information content (AvgIpc) is 2.82. The van der Waals surface area contributed by atoms with E-state index in [0.717, 1.165) is 22.0 Å². The summed E-state index contributed by atoms with van der Waals surface area (Å²) in [7, 11) is 0. The van der Waals surface area contributed by atoms with Gasteiger partial charge in [0.05, 0.1) is 12.1 Å². The maximum Gasteiger partial charge on any atom is 0.317 e. The maximum absolute atomic E-state index is 13.1. The second-order valence-corrected chi connectivity index (χ2v) is 8.47. The van der Waals surface area contributed by atoms with Gasteiger partial charge in [-0.3, -0.25) is 4.79 Å². The third kappa shape index (κ3) is 5.69. The van der Waals surface area contributed by atoms with Gasteiger partial charge in [-0.1, -0.05) is 78.4 Å². The van der Waals surface area contributed by atoms with Crippen LogP contribution in [0.2, 0.25) is 0 Å². The lowest BCUT2D eigenvalue weighted by Crippen LogP contribution is -2.41. The summed E-state index contributed by atoms with van der Waals surface area (Å²) < 4.78 is 0. The Morgan fingerprint density at radius 1 is 0.909 bits per heavy atom. The van der Waals surface area contributed by atoms with Crippen molar-refractivity contribution in [3.63, 3.8) is 0 Å². The molecule has 3 aromatic carbocycles. The molecule has 1 heterocycles. The number of carbonyl (C=O) groups is 1. The van der Waals surface area contributed by atoms with Gasteiger partial charge in [-0.25, -0.2) is 4.79 Å². The van der Waals surface area contributed by atoms with E-state index < -0.39 is 0 Å². The Hall–Kier alpha value is -3.86. The van der Waals surface area contributed by atoms with Crippen molar-refractivity contribution >= 4 is 16.9 Å². The number of aryl methyl sites for hydroxylation is 2. The average molecular weight is 440 g/mol. The largest absolute Gasteiger partial charge is 0.334 e. The van der Waals surface area contributed by atoms with Crippen molar-refractivity contribution in [1.82, 2.24) is 15.2 Å². The predicted molar refractivity (Wildman–Crippen MR) is 133 cm³/mol. The SMILES string of the molecule is Cc1cccc(CCN(Cc2cc3cccc(C)c3[nH]c2=O)C(=O)NCc2ccccc2)c1. The number of para-hydroxylation sites is 1. The standard InChI is InChI=1S/C28H29N3O2/c1-20-8-6-12-22(16-20)14-15-31(28(33)29-18-23-10-4-3-5-11-23)19-25-17-24-13-7-9-21(2)26(24)30-27(25)32/h3-13,16-17H,14-15,18-19H2,1-2H3,(H,29,33)(H,30,32). The van der Waals surface area contributed by atoms with Gasteiger partial charge in [0.2, 0.25) is 0 Å². The van der Waals surface area contributed by atoms with Gasteiger partial charge < -0.3 is 15.2 Å². The Bertz CT molecular complexity index is 1310. The lowest BCUT2D eigenvalue weighted by molar-refractivity contribution is 0.195. The highest BCUT2D eigenvalue weighted by Crippen LogP contribution is 2.16. The van der Waals surface area contributed by atoms with Crippen LogP contribution in [-0.4, -0.2) is 22.5 Å². The summed E-state index contributed by atoms with van der Waals surface area (Å²) >= 11 is 0. The number of hydrogen-bond donors (Lipinski definition) is 2. The monoisotopic (exact) mass is 439 g/mol.